The molecule has 0 aliphatic carbocycles. The molecule has 6 heteroatoms. The van der Waals surface area contributed by atoms with Gasteiger partial charge in [-0.1, -0.05) is 66.2 Å². The molecule has 0 fully saturated rings. The van der Waals surface area contributed by atoms with E-state index in [9.17, 15) is 13.0 Å². The van der Waals surface area contributed by atoms with E-state index < -0.39 is 10.1 Å². The van der Waals surface area contributed by atoms with Crippen LogP contribution in [0.5, 0.6) is 5.75 Å². The Balaban J connectivity index is 0.000000257. The van der Waals surface area contributed by atoms with Crippen molar-refractivity contribution in [3.63, 3.8) is 0 Å². The number of hydrogen-bond acceptors (Lipinski definition) is 4. The molecule has 0 aliphatic rings. The van der Waals surface area contributed by atoms with Gasteiger partial charge in [-0.15, -0.1) is 0 Å². The number of hydrogen-bond donors (Lipinski definition) is 0. The van der Waals surface area contributed by atoms with Crippen molar-refractivity contribution in [1.29, 1.82) is 0 Å². The Morgan fingerprint density at radius 3 is 1.66 bits per heavy atom. The standard InChI is InChI=1S/C25H21OS.C7H8O3S/c1-2-26-23-15-13-21(14-16-23)25-18-22(19-9-5-3-6-10-19)17-24(27-25)20-11-7-4-8-12-20;1-6-2-4-7(5-3-6)11(8,9)10/h3-18H,2H2,1H3;2-5H,1H3,(H,8,9,10)/q+1;/p-1. The van der Waals surface area contributed by atoms with Crippen molar-refractivity contribution in [2.24, 2.45) is 0 Å². The van der Waals surface area contributed by atoms with Crippen LogP contribution in [0.25, 0.3) is 32.0 Å². The number of ether oxygens (including phenoxy) is 1. The second-order valence-corrected chi connectivity index (χ2v) is 11.0. The topological polar surface area (TPSA) is 66.4 Å². The molecule has 0 spiro atoms. The van der Waals surface area contributed by atoms with E-state index in [1.54, 1.807) is 12.1 Å². The molecule has 1 heterocycles. The van der Waals surface area contributed by atoms with Crippen LogP contribution in [0.15, 0.2) is 126 Å². The summed E-state index contributed by atoms with van der Waals surface area (Å²) >= 11 is 1.82. The minimum atomic E-state index is -4.27. The van der Waals surface area contributed by atoms with Crippen molar-refractivity contribution < 1.29 is 17.7 Å². The van der Waals surface area contributed by atoms with Crippen LogP contribution in [0.3, 0.4) is 0 Å². The summed E-state index contributed by atoms with van der Waals surface area (Å²) in [5.74, 6) is 0.911. The van der Waals surface area contributed by atoms with Crippen LogP contribution in [0.1, 0.15) is 12.5 Å². The molecule has 5 rings (SSSR count). The Kier molecular flexibility index (Phi) is 9.02. The maximum absolute atomic E-state index is 10.4. The van der Waals surface area contributed by atoms with Crippen molar-refractivity contribution in [3.05, 3.63) is 127 Å². The number of benzene rings is 4. The fraction of sp³-hybridized carbons (Fsp3) is 0.0938. The van der Waals surface area contributed by atoms with E-state index in [-0.39, 0.29) is 4.90 Å². The van der Waals surface area contributed by atoms with Gasteiger partial charge in [-0.25, -0.2) is 8.42 Å². The van der Waals surface area contributed by atoms with Gasteiger partial charge in [-0.3, -0.25) is 0 Å². The second kappa shape index (κ2) is 12.6. The lowest BCUT2D eigenvalue weighted by Crippen LogP contribution is -1.97. The van der Waals surface area contributed by atoms with Crippen LogP contribution in [0, 0.1) is 6.92 Å². The largest absolute Gasteiger partial charge is 0.744 e. The quantitative estimate of drug-likeness (QED) is 0.160. The summed E-state index contributed by atoms with van der Waals surface area (Å²) in [7, 11) is -4.27. The van der Waals surface area contributed by atoms with E-state index in [1.807, 2.05) is 37.3 Å². The molecule has 0 unspecified atom stereocenters. The SMILES string of the molecule is CCOc1ccc(-c2cc(-c3ccccc3)cc(-c3ccccc3)[s+]2)cc1.Cc1ccc(S(=O)(=O)[O-])cc1. The minimum absolute atomic E-state index is 0.178. The lowest BCUT2D eigenvalue weighted by Gasteiger charge is -2.05. The van der Waals surface area contributed by atoms with Gasteiger partial charge in [0.1, 0.15) is 15.9 Å². The zero-order valence-corrected chi connectivity index (χ0v) is 22.8. The number of rotatable bonds is 6. The molecule has 0 N–H and O–H groups in total. The summed E-state index contributed by atoms with van der Waals surface area (Å²) < 4.78 is 36.8. The summed E-state index contributed by atoms with van der Waals surface area (Å²) in [6.07, 6.45) is 0. The van der Waals surface area contributed by atoms with E-state index >= 15 is 0 Å². The fourth-order valence-electron chi connectivity index (χ4n) is 3.77. The molecule has 0 amide bonds. The Hall–Kier alpha value is -3.84. The zero-order valence-electron chi connectivity index (χ0n) is 21.2. The molecule has 5 aromatic rings. The van der Waals surface area contributed by atoms with Gasteiger partial charge >= 0.3 is 0 Å². The van der Waals surface area contributed by atoms with Crippen LogP contribution >= 0.6 is 11.3 Å². The highest BCUT2D eigenvalue weighted by atomic mass is 32.2. The third kappa shape index (κ3) is 7.35. The van der Waals surface area contributed by atoms with Crippen LogP contribution in [0.2, 0.25) is 0 Å². The van der Waals surface area contributed by atoms with E-state index in [2.05, 4.69) is 84.9 Å². The highest BCUT2D eigenvalue weighted by molar-refractivity contribution is 7.85. The molecule has 38 heavy (non-hydrogen) atoms. The average molecular weight is 541 g/mol. The van der Waals surface area contributed by atoms with Crippen molar-refractivity contribution in [2.45, 2.75) is 18.7 Å². The molecule has 0 atom stereocenters. The van der Waals surface area contributed by atoms with Gasteiger partial charge in [0.2, 0.25) is 21.1 Å². The van der Waals surface area contributed by atoms with E-state index in [0.717, 1.165) is 11.3 Å². The summed E-state index contributed by atoms with van der Waals surface area (Å²) in [6, 6.07) is 39.9. The Morgan fingerprint density at radius 1 is 0.658 bits per heavy atom. The molecule has 192 valence electrons. The maximum atomic E-state index is 10.4. The smallest absolute Gasteiger partial charge is 0.239 e. The van der Waals surface area contributed by atoms with Gasteiger partial charge in [0, 0.05) is 23.3 Å². The molecule has 0 aliphatic heterocycles. The molecule has 1 aromatic heterocycles. The molecular weight excluding hydrogens is 512 g/mol. The Bertz CT molecular complexity index is 1510. The molecular formula is C32H28O4S2. The van der Waals surface area contributed by atoms with Crippen LogP contribution in [-0.2, 0) is 10.1 Å². The minimum Gasteiger partial charge on any atom is -0.744 e. The average Bonchev–Trinajstić information content (AvgIpc) is 2.94. The first-order chi connectivity index (χ1) is 18.3. The zero-order chi connectivity index (χ0) is 27.0. The Labute approximate surface area is 228 Å². The molecule has 4 nitrogen and oxygen atoms in total. The van der Waals surface area contributed by atoms with Gasteiger partial charge < -0.3 is 9.29 Å². The molecule has 0 saturated heterocycles. The molecule has 0 bridgehead atoms. The monoisotopic (exact) mass is 540 g/mol. The first-order valence-electron chi connectivity index (χ1n) is 12.2. The third-order valence-electron chi connectivity index (χ3n) is 5.72. The Morgan fingerprint density at radius 2 is 1.16 bits per heavy atom. The van der Waals surface area contributed by atoms with Crippen molar-refractivity contribution in [2.75, 3.05) is 6.61 Å². The van der Waals surface area contributed by atoms with Crippen LogP contribution in [-0.4, -0.2) is 19.6 Å². The predicted molar refractivity (Wildman–Crippen MR) is 155 cm³/mol. The molecule has 0 radical (unpaired) electrons. The van der Waals surface area contributed by atoms with Gasteiger partial charge in [0.05, 0.1) is 11.5 Å². The van der Waals surface area contributed by atoms with Crippen LogP contribution in [0.4, 0.5) is 0 Å². The highest BCUT2D eigenvalue weighted by Crippen LogP contribution is 2.37. The molecule has 0 saturated carbocycles. The number of aryl methyl sites for hydroxylation is 1. The van der Waals surface area contributed by atoms with Crippen molar-refractivity contribution >= 4 is 21.5 Å². The van der Waals surface area contributed by atoms with Gasteiger partial charge in [0.15, 0.2) is 0 Å². The predicted octanol–water partition coefficient (Wildman–Crippen LogP) is 8.33. The highest BCUT2D eigenvalue weighted by Gasteiger charge is 2.19. The normalized spacial score (nSPS) is 10.8. The summed E-state index contributed by atoms with van der Waals surface area (Å²) in [4.78, 5) is 2.34. The van der Waals surface area contributed by atoms with Crippen molar-refractivity contribution in [3.8, 4) is 37.8 Å². The first kappa shape index (κ1) is 27.2. The second-order valence-electron chi connectivity index (χ2n) is 8.53. The summed E-state index contributed by atoms with van der Waals surface area (Å²) in [5.41, 5.74) is 5.84. The fourth-order valence-corrected chi connectivity index (χ4v) is 5.36. The van der Waals surface area contributed by atoms with Crippen molar-refractivity contribution in [1.82, 2.24) is 0 Å². The van der Waals surface area contributed by atoms with Gasteiger partial charge in [0.25, 0.3) is 0 Å². The third-order valence-corrected chi connectivity index (χ3v) is 7.71. The lowest BCUT2D eigenvalue weighted by atomic mass is 10.0. The van der Waals surface area contributed by atoms with Gasteiger partial charge in [-0.2, -0.15) is 0 Å². The lowest BCUT2D eigenvalue weighted by molar-refractivity contribution is 0.340. The first-order valence-corrected chi connectivity index (χ1v) is 14.4. The van der Waals surface area contributed by atoms with E-state index in [0.29, 0.717) is 6.61 Å². The van der Waals surface area contributed by atoms with E-state index in [1.165, 1.54) is 44.1 Å². The maximum Gasteiger partial charge on any atom is 0.239 e. The summed E-state index contributed by atoms with van der Waals surface area (Å²) in [5, 5.41) is 0. The van der Waals surface area contributed by atoms with Crippen LogP contribution < -0.4 is 4.74 Å². The van der Waals surface area contributed by atoms with E-state index in [4.69, 9.17) is 4.74 Å². The molecule has 4 aromatic carbocycles. The summed E-state index contributed by atoms with van der Waals surface area (Å²) in [6.45, 7) is 4.51. The van der Waals surface area contributed by atoms with Gasteiger partial charge in [-0.05, 0) is 73.5 Å².